The summed E-state index contributed by atoms with van der Waals surface area (Å²) in [4.78, 5) is 8.77. The Balaban J connectivity index is 1.93. The maximum atomic E-state index is 12.9. The highest BCUT2D eigenvalue weighted by Gasteiger charge is 2.06. The Hall–Kier alpha value is -2.26. The lowest BCUT2D eigenvalue weighted by Gasteiger charge is -2.06. The zero-order chi connectivity index (χ0) is 14.7. The summed E-state index contributed by atoms with van der Waals surface area (Å²) in [5.74, 6) is 0.365. The van der Waals surface area contributed by atoms with E-state index < -0.39 is 0 Å². The van der Waals surface area contributed by atoms with Gasteiger partial charge in [-0.3, -0.25) is 0 Å². The van der Waals surface area contributed by atoms with Crippen LogP contribution in [0.5, 0.6) is 0 Å². The summed E-state index contributed by atoms with van der Waals surface area (Å²) in [6.45, 7) is 0. The third-order valence-electron chi connectivity index (χ3n) is 3.09. The predicted octanol–water partition coefficient (Wildman–Crippen LogP) is 4.53. The number of hydrogen-bond donors (Lipinski definition) is 0. The lowest BCUT2D eigenvalue weighted by Crippen LogP contribution is -1.99. The highest BCUT2D eigenvalue weighted by Crippen LogP contribution is 2.20. The molecular weight excluding hydrogens is 287 g/mol. The Bertz CT molecular complexity index is 742. The molecular formula is C17H12ClFN2. The van der Waals surface area contributed by atoms with Gasteiger partial charge in [0.25, 0.3) is 0 Å². The van der Waals surface area contributed by atoms with Crippen LogP contribution in [0.3, 0.4) is 0 Å². The van der Waals surface area contributed by atoms with Gasteiger partial charge < -0.3 is 0 Å². The molecule has 2 aromatic carbocycles. The molecule has 0 aliphatic carbocycles. The summed E-state index contributed by atoms with van der Waals surface area (Å²) >= 11 is 6.08. The first-order valence-corrected chi connectivity index (χ1v) is 6.92. The second kappa shape index (κ2) is 6.02. The lowest BCUT2D eigenvalue weighted by molar-refractivity contribution is 0.627. The second-order valence-electron chi connectivity index (χ2n) is 4.66. The Labute approximate surface area is 127 Å². The Morgan fingerprint density at radius 1 is 0.905 bits per heavy atom. The van der Waals surface area contributed by atoms with Crippen LogP contribution in [0.1, 0.15) is 11.4 Å². The molecule has 104 valence electrons. The molecule has 0 spiro atoms. The molecule has 0 saturated heterocycles. The van der Waals surface area contributed by atoms with E-state index in [1.807, 2.05) is 30.3 Å². The molecule has 3 aromatic rings. The van der Waals surface area contributed by atoms with Gasteiger partial charge >= 0.3 is 0 Å². The maximum Gasteiger partial charge on any atom is 0.135 e. The van der Waals surface area contributed by atoms with Crippen molar-refractivity contribution in [2.45, 2.75) is 6.42 Å². The first-order valence-electron chi connectivity index (χ1n) is 6.54. The SMILES string of the molecule is Fc1ccc(Cc2nc(Cl)cc(-c3ccccc3)n2)cc1. The third-order valence-corrected chi connectivity index (χ3v) is 3.28. The van der Waals surface area contributed by atoms with Gasteiger partial charge in [-0.25, -0.2) is 14.4 Å². The van der Waals surface area contributed by atoms with Gasteiger partial charge in [-0.1, -0.05) is 54.1 Å². The van der Waals surface area contributed by atoms with Crippen molar-refractivity contribution in [1.29, 1.82) is 0 Å². The molecule has 0 amide bonds. The fraction of sp³-hybridized carbons (Fsp3) is 0.0588. The van der Waals surface area contributed by atoms with Crippen molar-refractivity contribution in [3.63, 3.8) is 0 Å². The van der Waals surface area contributed by atoms with Gasteiger partial charge in [0.2, 0.25) is 0 Å². The molecule has 0 aliphatic heterocycles. The van der Waals surface area contributed by atoms with Crippen molar-refractivity contribution in [2.24, 2.45) is 0 Å². The molecule has 1 aromatic heterocycles. The van der Waals surface area contributed by atoms with Gasteiger partial charge in [-0.05, 0) is 17.7 Å². The molecule has 0 fully saturated rings. The van der Waals surface area contributed by atoms with E-state index in [1.165, 1.54) is 12.1 Å². The summed E-state index contributed by atoms with van der Waals surface area (Å²) in [6, 6.07) is 17.8. The minimum absolute atomic E-state index is 0.254. The largest absolute Gasteiger partial charge is 0.232 e. The molecule has 0 unspecified atom stereocenters. The lowest BCUT2D eigenvalue weighted by atomic mass is 10.1. The molecule has 1 heterocycles. The van der Waals surface area contributed by atoms with Crippen molar-refractivity contribution in [3.8, 4) is 11.3 Å². The minimum atomic E-state index is -0.254. The number of nitrogens with zero attached hydrogens (tertiary/aromatic N) is 2. The average Bonchev–Trinajstić information content (AvgIpc) is 2.50. The van der Waals surface area contributed by atoms with Gasteiger partial charge in [0.05, 0.1) is 5.69 Å². The van der Waals surface area contributed by atoms with E-state index in [4.69, 9.17) is 11.6 Å². The van der Waals surface area contributed by atoms with Gasteiger partial charge in [0.15, 0.2) is 0 Å². The number of hydrogen-bond acceptors (Lipinski definition) is 2. The molecule has 4 heteroatoms. The number of halogens is 2. The Morgan fingerprint density at radius 3 is 2.33 bits per heavy atom. The summed E-state index contributed by atoms with van der Waals surface area (Å²) in [6.07, 6.45) is 0.515. The quantitative estimate of drug-likeness (QED) is 0.664. The van der Waals surface area contributed by atoms with Crippen LogP contribution in [0.2, 0.25) is 5.15 Å². The standard InChI is InChI=1S/C17H12ClFN2/c18-16-11-15(13-4-2-1-3-5-13)20-17(21-16)10-12-6-8-14(19)9-7-12/h1-9,11H,10H2. The van der Waals surface area contributed by atoms with Crippen LogP contribution in [0.25, 0.3) is 11.3 Å². The molecule has 21 heavy (non-hydrogen) atoms. The Morgan fingerprint density at radius 2 is 1.62 bits per heavy atom. The van der Waals surface area contributed by atoms with Crippen molar-refractivity contribution in [3.05, 3.63) is 83.0 Å². The third kappa shape index (κ3) is 3.44. The fourth-order valence-electron chi connectivity index (χ4n) is 2.09. The van der Waals surface area contributed by atoms with Crippen molar-refractivity contribution < 1.29 is 4.39 Å². The molecule has 0 saturated carbocycles. The number of aromatic nitrogens is 2. The van der Waals surface area contributed by atoms with Crippen LogP contribution >= 0.6 is 11.6 Å². The van der Waals surface area contributed by atoms with Crippen molar-refractivity contribution in [2.75, 3.05) is 0 Å². The van der Waals surface area contributed by atoms with E-state index in [1.54, 1.807) is 18.2 Å². The van der Waals surface area contributed by atoms with Crippen molar-refractivity contribution in [1.82, 2.24) is 9.97 Å². The highest BCUT2D eigenvalue weighted by atomic mass is 35.5. The topological polar surface area (TPSA) is 25.8 Å². The van der Waals surface area contributed by atoms with E-state index in [-0.39, 0.29) is 5.82 Å². The van der Waals surface area contributed by atoms with E-state index in [0.29, 0.717) is 17.4 Å². The smallest absolute Gasteiger partial charge is 0.135 e. The highest BCUT2D eigenvalue weighted by molar-refractivity contribution is 6.29. The molecule has 0 atom stereocenters. The maximum absolute atomic E-state index is 12.9. The van der Waals surface area contributed by atoms with Crippen LogP contribution in [0.15, 0.2) is 60.7 Å². The van der Waals surface area contributed by atoms with Crippen molar-refractivity contribution >= 4 is 11.6 Å². The van der Waals surface area contributed by atoms with Crippen LogP contribution in [-0.4, -0.2) is 9.97 Å². The monoisotopic (exact) mass is 298 g/mol. The fourth-order valence-corrected chi connectivity index (χ4v) is 2.29. The van der Waals surface area contributed by atoms with Gasteiger partial charge in [-0.2, -0.15) is 0 Å². The molecule has 0 N–H and O–H groups in total. The molecule has 0 radical (unpaired) electrons. The van der Waals surface area contributed by atoms with Crippen LogP contribution < -0.4 is 0 Å². The minimum Gasteiger partial charge on any atom is -0.232 e. The van der Waals surface area contributed by atoms with Gasteiger partial charge in [0, 0.05) is 18.1 Å². The van der Waals surface area contributed by atoms with Crippen LogP contribution in [-0.2, 0) is 6.42 Å². The average molecular weight is 299 g/mol. The zero-order valence-corrected chi connectivity index (χ0v) is 11.9. The van der Waals surface area contributed by atoms with Crippen LogP contribution in [0.4, 0.5) is 4.39 Å². The normalized spacial score (nSPS) is 10.6. The van der Waals surface area contributed by atoms with E-state index in [2.05, 4.69) is 9.97 Å². The molecule has 0 aliphatic rings. The number of rotatable bonds is 3. The Kier molecular flexibility index (Phi) is 3.93. The molecule has 2 nitrogen and oxygen atoms in total. The number of benzene rings is 2. The van der Waals surface area contributed by atoms with E-state index in [9.17, 15) is 4.39 Å². The first-order chi connectivity index (χ1) is 10.2. The zero-order valence-electron chi connectivity index (χ0n) is 11.1. The first kappa shape index (κ1) is 13.7. The van der Waals surface area contributed by atoms with Crippen LogP contribution in [0, 0.1) is 5.82 Å². The van der Waals surface area contributed by atoms with E-state index in [0.717, 1.165) is 16.8 Å². The van der Waals surface area contributed by atoms with Gasteiger partial charge in [0.1, 0.15) is 16.8 Å². The molecule has 3 rings (SSSR count). The molecule has 0 bridgehead atoms. The summed E-state index contributed by atoms with van der Waals surface area (Å²) in [5.41, 5.74) is 2.72. The predicted molar refractivity (Wildman–Crippen MR) is 81.7 cm³/mol. The van der Waals surface area contributed by atoms with Gasteiger partial charge in [-0.15, -0.1) is 0 Å². The summed E-state index contributed by atoms with van der Waals surface area (Å²) in [7, 11) is 0. The van der Waals surface area contributed by atoms with E-state index >= 15 is 0 Å². The summed E-state index contributed by atoms with van der Waals surface area (Å²) < 4.78 is 12.9. The summed E-state index contributed by atoms with van der Waals surface area (Å²) in [5, 5.41) is 0.404. The second-order valence-corrected chi connectivity index (χ2v) is 5.05.